The molecule has 0 unspecified atom stereocenters. The summed E-state index contributed by atoms with van der Waals surface area (Å²) >= 11 is 1.94. The van der Waals surface area contributed by atoms with E-state index in [2.05, 4.69) is 33.6 Å². The van der Waals surface area contributed by atoms with E-state index in [4.69, 9.17) is 0 Å². The van der Waals surface area contributed by atoms with E-state index in [1.807, 2.05) is 36.0 Å². The van der Waals surface area contributed by atoms with E-state index in [-0.39, 0.29) is 5.91 Å². The molecule has 2 aromatic rings. The molecule has 1 aliphatic heterocycles. The average molecular weight is 313 g/mol. The van der Waals surface area contributed by atoms with Gasteiger partial charge in [0.15, 0.2) is 0 Å². The summed E-state index contributed by atoms with van der Waals surface area (Å²) in [5.74, 6) is 2.16. The van der Waals surface area contributed by atoms with Crippen LogP contribution in [0.3, 0.4) is 0 Å². The van der Waals surface area contributed by atoms with Gasteiger partial charge in [0.2, 0.25) is 0 Å². The van der Waals surface area contributed by atoms with Crippen LogP contribution in [-0.2, 0) is 4.79 Å². The Morgan fingerprint density at radius 1 is 1.18 bits per heavy atom. The molecule has 1 heterocycles. The number of rotatable bonds is 4. The SMILES string of the molecule is O=C(CN1CCSCC1)N/N=C\c1cccc2ccccc12. The Morgan fingerprint density at radius 3 is 2.82 bits per heavy atom. The fourth-order valence-corrected chi connectivity index (χ4v) is 3.51. The number of fused-ring (bicyclic) bond motifs is 1. The third-order valence-electron chi connectivity index (χ3n) is 3.69. The largest absolute Gasteiger partial charge is 0.293 e. The van der Waals surface area contributed by atoms with Crippen molar-refractivity contribution in [3.63, 3.8) is 0 Å². The number of thioether (sulfide) groups is 1. The average Bonchev–Trinajstić information content (AvgIpc) is 2.56. The molecule has 5 heteroatoms. The first-order valence-corrected chi connectivity index (χ1v) is 8.58. The fourth-order valence-electron chi connectivity index (χ4n) is 2.53. The highest BCUT2D eigenvalue weighted by Crippen LogP contribution is 2.16. The molecule has 1 amide bonds. The molecule has 1 fully saturated rings. The predicted octanol–water partition coefficient (Wildman–Crippen LogP) is 2.34. The summed E-state index contributed by atoms with van der Waals surface area (Å²) in [5, 5.41) is 6.41. The van der Waals surface area contributed by atoms with Crippen LogP contribution in [0, 0.1) is 0 Å². The number of carbonyl (C=O) groups excluding carboxylic acids is 1. The molecular formula is C17H19N3OS. The monoisotopic (exact) mass is 313 g/mol. The highest BCUT2D eigenvalue weighted by molar-refractivity contribution is 7.99. The molecule has 0 aromatic heterocycles. The summed E-state index contributed by atoms with van der Waals surface area (Å²) in [7, 11) is 0. The zero-order valence-corrected chi connectivity index (χ0v) is 13.2. The molecule has 0 aliphatic carbocycles. The quantitative estimate of drug-likeness (QED) is 0.696. The second kappa shape index (κ2) is 7.42. The van der Waals surface area contributed by atoms with Crippen LogP contribution in [0.5, 0.6) is 0 Å². The maximum atomic E-state index is 11.9. The van der Waals surface area contributed by atoms with E-state index >= 15 is 0 Å². The molecule has 0 atom stereocenters. The van der Waals surface area contributed by atoms with Crippen LogP contribution in [0.1, 0.15) is 5.56 Å². The zero-order chi connectivity index (χ0) is 15.2. The number of hydrazone groups is 1. The third-order valence-corrected chi connectivity index (χ3v) is 4.63. The molecule has 1 aliphatic rings. The van der Waals surface area contributed by atoms with Gasteiger partial charge in [-0.3, -0.25) is 9.69 Å². The highest BCUT2D eigenvalue weighted by Gasteiger charge is 2.13. The van der Waals surface area contributed by atoms with Gasteiger partial charge in [-0.1, -0.05) is 42.5 Å². The Kier molecular flexibility index (Phi) is 5.08. The van der Waals surface area contributed by atoms with Crippen LogP contribution in [-0.4, -0.2) is 48.2 Å². The maximum absolute atomic E-state index is 11.9. The molecule has 0 spiro atoms. The summed E-state index contributed by atoms with van der Waals surface area (Å²) in [4.78, 5) is 14.1. The van der Waals surface area contributed by atoms with E-state index in [0.29, 0.717) is 6.54 Å². The molecule has 114 valence electrons. The number of hydrogen-bond donors (Lipinski definition) is 1. The first kappa shape index (κ1) is 15.1. The predicted molar refractivity (Wildman–Crippen MR) is 93.4 cm³/mol. The minimum Gasteiger partial charge on any atom is -0.293 e. The van der Waals surface area contributed by atoms with Crippen LogP contribution in [0.2, 0.25) is 0 Å². The molecule has 0 radical (unpaired) electrons. The summed E-state index contributed by atoms with van der Waals surface area (Å²) < 4.78 is 0. The van der Waals surface area contributed by atoms with Gasteiger partial charge in [0.1, 0.15) is 0 Å². The van der Waals surface area contributed by atoms with E-state index in [9.17, 15) is 4.79 Å². The highest BCUT2D eigenvalue weighted by atomic mass is 32.2. The molecule has 4 nitrogen and oxygen atoms in total. The van der Waals surface area contributed by atoms with Crippen molar-refractivity contribution in [1.82, 2.24) is 10.3 Å². The first-order chi connectivity index (χ1) is 10.8. The lowest BCUT2D eigenvalue weighted by Crippen LogP contribution is -2.40. The van der Waals surface area contributed by atoms with Gasteiger partial charge in [-0.2, -0.15) is 16.9 Å². The van der Waals surface area contributed by atoms with Crippen molar-refractivity contribution in [2.45, 2.75) is 0 Å². The first-order valence-electron chi connectivity index (χ1n) is 7.43. The molecule has 1 saturated heterocycles. The van der Waals surface area contributed by atoms with E-state index in [0.717, 1.165) is 35.5 Å². The van der Waals surface area contributed by atoms with Gasteiger partial charge in [0.05, 0.1) is 12.8 Å². The Hall–Kier alpha value is -1.85. The summed E-state index contributed by atoms with van der Waals surface area (Å²) in [6, 6.07) is 14.2. The molecule has 0 saturated carbocycles. The topological polar surface area (TPSA) is 44.7 Å². The lowest BCUT2D eigenvalue weighted by molar-refractivity contribution is -0.122. The molecule has 1 N–H and O–H groups in total. The second-order valence-corrected chi connectivity index (χ2v) is 6.47. The summed E-state index contributed by atoms with van der Waals surface area (Å²) in [6.45, 7) is 2.38. The van der Waals surface area contributed by atoms with Crippen molar-refractivity contribution in [3.8, 4) is 0 Å². The van der Waals surface area contributed by atoms with Crippen molar-refractivity contribution in [2.75, 3.05) is 31.1 Å². The molecule has 22 heavy (non-hydrogen) atoms. The lowest BCUT2D eigenvalue weighted by atomic mass is 10.1. The number of amides is 1. The van der Waals surface area contributed by atoms with Gasteiger partial charge >= 0.3 is 0 Å². The smallest absolute Gasteiger partial charge is 0.254 e. The molecule has 3 rings (SSSR count). The van der Waals surface area contributed by atoms with Crippen molar-refractivity contribution < 1.29 is 4.79 Å². The minimum atomic E-state index is -0.0524. The molecule has 0 bridgehead atoms. The van der Waals surface area contributed by atoms with Crippen LogP contribution < -0.4 is 5.43 Å². The number of carbonyl (C=O) groups is 1. The zero-order valence-electron chi connectivity index (χ0n) is 12.4. The standard InChI is InChI=1S/C17H19N3OS/c21-17(13-20-8-10-22-11-9-20)19-18-12-15-6-3-5-14-4-1-2-7-16(14)15/h1-7,12H,8-11,13H2,(H,19,21)/b18-12-. The molecular weight excluding hydrogens is 294 g/mol. The Bertz CT molecular complexity index is 675. The van der Waals surface area contributed by atoms with Gasteiger partial charge in [0.25, 0.3) is 5.91 Å². The van der Waals surface area contributed by atoms with Gasteiger partial charge in [-0.15, -0.1) is 0 Å². The van der Waals surface area contributed by atoms with Crippen molar-refractivity contribution in [3.05, 3.63) is 48.0 Å². The maximum Gasteiger partial charge on any atom is 0.254 e. The number of benzene rings is 2. The van der Waals surface area contributed by atoms with Crippen LogP contribution >= 0.6 is 11.8 Å². The van der Waals surface area contributed by atoms with Crippen molar-refractivity contribution in [1.29, 1.82) is 0 Å². The van der Waals surface area contributed by atoms with Gasteiger partial charge in [-0.05, 0) is 10.8 Å². The van der Waals surface area contributed by atoms with E-state index in [1.54, 1.807) is 6.21 Å². The van der Waals surface area contributed by atoms with Crippen molar-refractivity contribution in [2.24, 2.45) is 5.10 Å². The van der Waals surface area contributed by atoms with Crippen molar-refractivity contribution >= 4 is 34.7 Å². The fraction of sp³-hybridized carbons (Fsp3) is 0.294. The van der Waals surface area contributed by atoms with Crippen LogP contribution in [0.25, 0.3) is 10.8 Å². The number of hydrogen-bond acceptors (Lipinski definition) is 4. The van der Waals surface area contributed by atoms with Gasteiger partial charge in [-0.25, -0.2) is 5.43 Å². The third kappa shape index (κ3) is 3.87. The van der Waals surface area contributed by atoms with E-state index < -0.39 is 0 Å². The Morgan fingerprint density at radius 2 is 1.95 bits per heavy atom. The normalized spacial score (nSPS) is 16.2. The summed E-state index contributed by atoms with van der Waals surface area (Å²) in [6.07, 6.45) is 1.71. The van der Waals surface area contributed by atoms with E-state index in [1.165, 1.54) is 5.39 Å². The Balaban J connectivity index is 1.60. The number of nitrogens with zero attached hydrogens (tertiary/aromatic N) is 2. The second-order valence-electron chi connectivity index (χ2n) is 5.25. The lowest BCUT2D eigenvalue weighted by Gasteiger charge is -2.24. The Labute approximate surface area is 134 Å². The minimum absolute atomic E-state index is 0.0524. The van der Waals surface area contributed by atoms with Crippen LogP contribution in [0.15, 0.2) is 47.6 Å². The van der Waals surface area contributed by atoms with Crippen LogP contribution in [0.4, 0.5) is 0 Å². The number of nitrogens with one attached hydrogen (secondary N) is 1. The molecule has 2 aromatic carbocycles. The van der Waals surface area contributed by atoms with Gasteiger partial charge in [0, 0.05) is 30.2 Å². The van der Waals surface area contributed by atoms with Gasteiger partial charge < -0.3 is 0 Å². The summed E-state index contributed by atoms with van der Waals surface area (Å²) in [5.41, 5.74) is 3.63.